The van der Waals surface area contributed by atoms with Crippen LogP contribution in [0.2, 0.25) is 6.82 Å². The monoisotopic (exact) mass is 116 g/mol. The van der Waals surface area contributed by atoms with Gasteiger partial charge in [0.1, 0.15) is 0 Å². The molecule has 0 saturated carbocycles. The third-order valence-corrected chi connectivity index (χ3v) is 0.889. The van der Waals surface area contributed by atoms with Crippen molar-refractivity contribution in [2.24, 2.45) is 0 Å². The molecule has 3 heteroatoms. The van der Waals surface area contributed by atoms with Crippen LogP contribution in [0.4, 0.5) is 0 Å². The molecule has 2 nitrogen and oxygen atoms in total. The SMILES string of the molecule is CCCOB(C)OC. The van der Waals surface area contributed by atoms with Crippen LogP contribution in [0.15, 0.2) is 0 Å². The van der Waals surface area contributed by atoms with E-state index in [1.807, 2.05) is 6.82 Å². The minimum atomic E-state index is -0.0463. The Morgan fingerprint density at radius 3 is 2.50 bits per heavy atom. The number of hydrogen-bond acceptors (Lipinski definition) is 2. The molecule has 0 unspecified atom stereocenters. The summed E-state index contributed by atoms with van der Waals surface area (Å²) in [5.74, 6) is 0. The average molecular weight is 116 g/mol. The quantitative estimate of drug-likeness (QED) is 0.513. The Morgan fingerprint density at radius 1 is 1.50 bits per heavy atom. The van der Waals surface area contributed by atoms with Crippen LogP contribution in [0, 0.1) is 0 Å². The lowest BCUT2D eigenvalue weighted by Crippen LogP contribution is -2.16. The van der Waals surface area contributed by atoms with Gasteiger partial charge in [0.25, 0.3) is 0 Å². The Balaban J connectivity index is 2.86. The molecule has 0 aliphatic rings. The first-order valence-electron chi connectivity index (χ1n) is 2.95. The number of rotatable bonds is 4. The maximum absolute atomic E-state index is 5.12. The van der Waals surface area contributed by atoms with Crippen molar-refractivity contribution in [1.29, 1.82) is 0 Å². The van der Waals surface area contributed by atoms with Crippen molar-refractivity contribution in [1.82, 2.24) is 0 Å². The standard InChI is InChI=1S/C5H13BO2/c1-4-5-8-6(2)7-3/h4-5H2,1-3H3. The average Bonchev–Trinajstić information content (AvgIpc) is 1.83. The van der Waals surface area contributed by atoms with Crippen molar-refractivity contribution < 1.29 is 9.31 Å². The molecule has 0 aromatic carbocycles. The van der Waals surface area contributed by atoms with E-state index >= 15 is 0 Å². The zero-order valence-electron chi connectivity index (χ0n) is 5.81. The Bertz CT molecular complexity index is 49.7. The molecule has 0 aromatic heterocycles. The van der Waals surface area contributed by atoms with Gasteiger partial charge in [-0.1, -0.05) is 6.92 Å². The van der Waals surface area contributed by atoms with E-state index in [0.717, 1.165) is 13.0 Å². The van der Waals surface area contributed by atoms with E-state index in [4.69, 9.17) is 9.31 Å². The molecule has 48 valence electrons. The van der Waals surface area contributed by atoms with Crippen LogP contribution >= 0.6 is 0 Å². The van der Waals surface area contributed by atoms with Crippen molar-refractivity contribution in [3.8, 4) is 0 Å². The highest BCUT2D eigenvalue weighted by atomic mass is 16.6. The third-order valence-electron chi connectivity index (χ3n) is 0.889. The van der Waals surface area contributed by atoms with E-state index in [2.05, 4.69) is 6.92 Å². The van der Waals surface area contributed by atoms with Gasteiger partial charge in [-0.15, -0.1) is 0 Å². The maximum Gasteiger partial charge on any atom is 0.453 e. The largest absolute Gasteiger partial charge is 0.453 e. The summed E-state index contributed by atoms with van der Waals surface area (Å²) in [4.78, 5) is 0. The van der Waals surface area contributed by atoms with Gasteiger partial charge in [0.05, 0.1) is 0 Å². The summed E-state index contributed by atoms with van der Waals surface area (Å²) in [5, 5.41) is 0. The van der Waals surface area contributed by atoms with Gasteiger partial charge in [-0.05, 0) is 13.2 Å². The summed E-state index contributed by atoms with van der Waals surface area (Å²) in [6, 6.07) is 0. The zero-order chi connectivity index (χ0) is 6.41. The van der Waals surface area contributed by atoms with E-state index in [1.165, 1.54) is 0 Å². The van der Waals surface area contributed by atoms with Crippen molar-refractivity contribution in [3.05, 3.63) is 0 Å². The van der Waals surface area contributed by atoms with E-state index < -0.39 is 0 Å². The van der Waals surface area contributed by atoms with Crippen LogP contribution in [0.25, 0.3) is 0 Å². The molecule has 8 heavy (non-hydrogen) atoms. The Labute approximate surface area is 51.3 Å². The molecule has 0 amide bonds. The molecule has 0 heterocycles. The van der Waals surface area contributed by atoms with E-state index in [-0.39, 0.29) is 7.12 Å². The molecular formula is C5H13BO2. The first-order chi connectivity index (χ1) is 3.81. The molecule has 0 bridgehead atoms. The second-order valence-electron chi connectivity index (χ2n) is 1.67. The van der Waals surface area contributed by atoms with Gasteiger partial charge in [-0.2, -0.15) is 0 Å². The van der Waals surface area contributed by atoms with Crippen LogP contribution in [0.3, 0.4) is 0 Å². The van der Waals surface area contributed by atoms with E-state index in [1.54, 1.807) is 7.11 Å². The van der Waals surface area contributed by atoms with Gasteiger partial charge >= 0.3 is 7.12 Å². The second kappa shape index (κ2) is 5.13. The summed E-state index contributed by atoms with van der Waals surface area (Å²) in [6.07, 6.45) is 1.05. The highest BCUT2D eigenvalue weighted by Crippen LogP contribution is 1.86. The summed E-state index contributed by atoms with van der Waals surface area (Å²) >= 11 is 0. The fourth-order valence-electron chi connectivity index (χ4n) is 0.352. The van der Waals surface area contributed by atoms with E-state index in [9.17, 15) is 0 Å². The molecule has 0 fully saturated rings. The van der Waals surface area contributed by atoms with Gasteiger partial charge in [0.15, 0.2) is 0 Å². The lowest BCUT2D eigenvalue weighted by molar-refractivity contribution is 0.235. The third kappa shape index (κ3) is 4.15. The van der Waals surface area contributed by atoms with Crippen LogP contribution < -0.4 is 0 Å². The predicted molar refractivity (Wildman–Crippen MR) is 34.9 cm³/mol. The molecule has 0 aliphatic heterocycles. The highest BCUT2D eigenvalue weighted by Gasteiger charge is 2.04. The summed E-state index contributed by atoms with van der Waals surface area (Å²) in [7, 11) is 1.59. The normalized spacial score (nSPS) is 9.38. The smallest absolute Gasteiger partial charge is 0.414 e. The van der Waals surface area contributed by atoms with Crippen molar-refractivity contribution in [3.63, 3.8) is 0 Å². The van der Waals surface area contributed by atoms with Gasteiger partial charge in [-0.25, -0.2) is 0 Å². The molecule has 0 radical (unpaired) electrons. The molecule has 0 rings (SSSR count). The fraction of sp³-hybridized carbons (Fsp3) is 1.00. The van der Waals surface area contributed by atoms with Crippen LogP contribution in [0.1, 0.15) is 13.3 Å². The number of hydrogen-bond donors (Lipinski definition) is 0. The lowest BCUT2D eigenvalue weighted by Gasteiger charge is -2.03. The van der Waals surface area contributed by atoms with Gasteiger partial charge in [-0.3, -0.25) is 0 Å². The molecule has 0 saturated heterocycles. The second-order valence-corrected chi connectivity index (χ2v) is 1.67. The van der Waals surface area contributed by atoms with Crippen molar-refractivity contribution >= 4 is 7.12 Å². The Hall–Kier alpha value is -0.0151. The van der Waals surface area contributed by atoms with Crippen molar-refractivity contribution in [2.75, 3.05) is 13.7 Å². The van der Waals surface area contributed by atoms with Crippen LogP contribution in [0.5, 0.6) is 0 Å². The van der Waals surface area contributed by atoms with E-state index in [0.29, 0.717) is 0 Å². The molecular weight excluding hydrogens is 103 g/mol. The first-order valence-corrected chi connectivity index (χ1v) is 2.95. The highest BCUT2D eigenvalue weighted by molar-refractivity contribution is 6.42. The molecule has 0 aromatic rings. The summed E-state index contributed by atoms with van der Waals surface area (Å²) in [5.41, 5.74) is 0. The Kier molecular flexibility index (Phi) is 5.12. The van der Waals surface area contributed by atoms with Crippen LogP contribution in [-0.2, 0) is 9.31 Å². The van der Waals surface area contributed by atoms with Crippen molar-refractivity contribution in [2.45, 2.75) is 20.2 Å². The summed E-state index contributed by atoms with van der Waals surface area (Å²) in [6.45, 7) is 4.74. The van der Waals surface area contributed by atoms with Gasteiger partial charge < -0.3 is 9.31 Å². The Morgan fingerprint density at radius 2 is 2.12 bits per heavy atom. The molecule has 0 aliphatic carbocycles. The first kappa shape index (κ1) is 7.98. The molecule has 0 spiro atoms. The minimum absolute atomic E-state index is 0.0463. The zero-order valence-corrected chi connectivity index (χ0v) is 5.81. The fourth-order valence-corrected chi connectivity index (χ4v) is 0.352. The lowest BCUT2D eigenvalue weighted by atomic mass is 9.96. The van der Waals surface area contributed by atoms with Crippen LogP contribution in [-0.4, -0.2) is 20.8 Å². The predicted octanol–water partition coefficient (Wildman–Crippen LogP) is 1.18. The maximum atomic E-state index is 5.12. The topological polar surface area (TPSA) is 18.5 Å². The summed E-state index contributed by atoms with van der Waals surface area (Å²) < 4.78 is 9.95. The minimum Gasteiger partial charge on any atom is -0.414 e. The molecule has 0 N–H and O–H groups in total. The van der Waals surface area contributed by atoms with Gasteiger partial charge in [0.2, 0.25) is 0 Å². The molecule has 0 atom stereocenters. The van der Waals surface area contributed by atoms with Gasteiger partial charge in [0, 0.05) is 13.7 Å².